The van der Waals surface area contributed by atoms with Gasteiger partial charge in [-0.1, -0.05) is 0 Å². The predicted octanol–water partition coefficient (Wildman–Crippen LogP) is 0.930. The van der Waals surface area contributed by atoms with E-state index in [1.54, 1.807) is 6.33 Å². The Morgan fingerprint density at radius 2 is 1.71 bits per heavy atom. The fourth-order valence-corrected chi connectivity index (χ4v) is 3.58. The molecule has 0 amide bonds. The van der Waals surface area contributed by atoms with Crippen molar-refractivity contribution >= 4 is 11.6 Å². The minimum Gasteiger partial charge on any atom is -0.381 e. The van der Waals surface area contributed by atoms with Crippen LogP contribution < -0.4 is 9.80 Å². The van der Waals surface area contributed by atoms with Crippen LogP contribution in [0.15, 0.2) is 12.4 Å². The van der Waals surface area contributed by atoms with Gasteiger partial charge in [-0.05, 0) is 12.8 Å². The van der Waals surface area contributed by atoms with Crippen molar-refractivity contribution in [3.8, 4) is 0 Å². The Morgan fingerprint density at radius 3 is 2.48 bits per heavy atom. The topological polar surface area (TPSA) is 50.7 Å². The number of hydrogen-bond acceptors (Lipinski definition) is 6. The van der Waals surface area contributed by atoms with Gasteiger partial charge in [0.05, 0.1) is 19.8 Å². The lowest BCUT2D eigenvalue weighted by atomic mass is 9.87. The number of nitrogens with zero attached hydrogens (tertiary/aromatic N) is 4. The highest BCUT2D eigenvalue weighted by Gasteiger charge is 2.41. The van der Waals surface area contributed by atoms with Gasteiger partial charge >= 0.3 is 0 Å². The Kier molecular flexibility index (Phi) is 3.43. The fraction of sp³-hybridized carbons (Fsp3) is 0.733. The quantitative estimate of drug-likeness (QED) is 0.807. The van der Waals surface area contributed by atoms with Crippen LogP contribution in [-0.4, -0.2) is 62.6 Å². The van der Waals surface area contributed by atoms with Crippen molar-refractivity contribution in [2.45, 2.75) is 12.8 Å². The summed E-state index contributed by atoms with van der Waals surface area (Å²) < 4.78 is 11.0. The average Bonchev–Trinajstić information content (AvgIpc) is 3.19. The third-order valence-electron chi connectivity index (χ3n) is 4.92. The SMILES string of the molecule is c1nc(N2CCOCC2)cc(N2CCC3(CCOC3)C2)n1. The summed E-state index contributed by atoms with van der Waals surface area (Å²) in [4.78, 5) is 13.6. The molecule has 1 atom stereocenters. The lowest BCUT2D eigenvalue weighted by molar-refractivity contribution is 0.122. The fourth-order valence-electron chi connectivity index (χ4n) is 3.58. The molecule has 0 aromatic carbocycles. The second-order valence-electron chi connectivity index (χ2n) is 6.31. The van der Waals surface area contributed by atoms with E-state index in [2.05, 4.69) is 25.8 Å². The first-order valence-corrected chi connectivity index (χ1v) is 7.82. The molecule has 6 heteroatoms. The Labute approximate surface area is 125 Å². The van der Waals surface area contributed by atoms with Gasteiger partial charge in [0.25, 0.3) is 0 Å². The van der Waals surface area contributed by atoms with Crippen molar-refractivity contribution in [1.29, 1.82) is 0 Å². The summed E-state index contributed by atoms with van der Waals surface area (Å²) in [7, 11) is 0. The van der Waals surface area contributed by atoms with Crippen molar-refractivity contribution in [3.63, 3.8) is 0 Å². The Bertz CT molecular complexity index is 498. The molecule has 3 aliphatic rings. The predicted molar refractivity (Wildman–Crippen MR) is 79.8 cm³/mol. The van der Waals surface area contributed by atoms with Crippen molar-refractivity contribution in [2.75, 3.05) is 62.4 Å². The van der Waals surface area contributed by atoms with Gasteiger partial charge in [-0.15, -0.1) is 0 Å². The minimum atomic E-state index is 0.365. The molecule has 0 saturated carbocycles. The molecule has 4 heterocycles. The molecule has 0 bridgehead atoms. The van der Waals surface area contributed by atoms with Crippen molar-refractivity contribution < 1.29 is 9.47 Å². The van der Waals surface area contributed by atoms with Crippen LogP contribution in [0, 0.1) is 5.41 Å². The molecule has 0 N–H and O–H groups in total. The summed E-state index contributed by atoms with van der Waals surface area (Å²) in [6.45, 7) is 7.34. The molecule has 3 aliphatic heterocycles. The van der Waals surface area contributed by atoms with Crippen LogP contribution in [0.2, 0.25) is 0 Å². The molecule has 6 nitrogen and oxygen atoms in total. The summed E-state index contributed by atoms with van der Waals surface area (Å²) in [5.74, 6) is 2.07. The van der Waals surface area contributed by atoms with Gasteiger partial charge in [0.2, 0.25) is 0 Å². The van der Waals surface area contributed by atoms with Gasteiger partial charge in [-0.25, -0.2) is 9.97 Å². The lowest BCUT2D eigenvalue weighted by Crippen LogP contribution is -2.37. The number of morpholine rings is 1. The van der Waals surface area contributed by atoms with E-state index in [4.69, 9.17) is 9.47 Å². The molecule has 21 heavy (non-hydrogen) atoms. The van der Waals surface area contributed by atoms with Crippen molar-refractivity contribution in [3.05, 3.63) is 12.4 Å². The molecular weight excluding hydrogens is 268 g/mol. The standard InChI is InChI=1S/C15H22N4O2/c1-3-19(10-15(1)2-6-21-11-15)14-9-13(16-12-17-14)18-4-7-20-8-5-18/h9,12H,1-8,10-11H2. The van der Waals surface area contributed by atoms with Gasteiger partial charge in [-0.2, -0.15) is 0 Å². The average molecular weight is 290 g/mol. The van der Waals surface area contributed by atoms with Gasteiger partial charge < -0.3 is 19.3 Å². The molecule has 3 fully saturated rings. The summed E-state index contributed by atoms with van der Waals surface area (Å²) in [6, 6.07) is 2.13. The summed E-state index contributed by atoms with van der Waals surface area (Å²) >= 11 is 0. The van der Waals surface area contributed by atoms with E-state index >= 15 is 0 Å². The minimum absolute atomic E-state index is 0.365. The monoisotopic (exact) mass is 290 g/mol. The highest BCUT2D eigenvalue weighted by molar-refractivity contribution is 5.51. The van der Waals surface area contributed by atoms with E-state index in [0.29, 0.717) is 5.41 Å². The highest BCUT2D eigenvalue weighted by atomic mass is 16.5. The molecule has 1 aromatic rings. The van der Waals surface area contributed by atoms with Gasteiger partial charge in [0.1, 0.15) is 18.0 Å². The van der Waals surface area contributed by atoms with Crippen LogP contribution in [0.4, 0.5) is 11.6 Å². The maximum atomic E-state index is 5.60. The van der Waals surface area contributed by atoms with Gasteiger partial charge in [0.15, 0.2) is 0 Å². The normalized spacial score (nSPS) is 29.5. The van der Waals surface area contributed by atoms with E-state index in [1.165, 1.54) is 12.8 Å². The Balaban J connectivity index is 1.50. The maximum absolute atomic E-state index is 5.60. The van der Waals surface area contributed by atoms with Crippen LogP contribution in [0.25, 0.3) is 0 Å². The first-order valence-electron chi connectivity index (χ1n) is 7.82. The maximum Gasteiger partial charge on any atom is 0.134 e. The number of anilines is 2. The van der Waals surface area contributed by atoms with E-state index in [1.807, 2.05) is 0 Å². The molecule has 1 unspecified atom stereocenters. The molecule has 0 aliphatic carbocycles. The molecular formula is C15H22N4O2. The van der Waals surface area contributed by atoms with Crippen LogP contribution in [-0.2, 0) is 9.47 Å². The smallest absolute Gasteiger partial charge is 0.134 e. The first-order chi connectivity index (χ1) is 10.3. The van der Waals surface area contributed by atoms with Crippen LogP contribution in [0.1, 0.15) is 12.8 Å². The zero-order valence-corrected chi connectivity index (χ0v) is 12.3. The summed E-state index contributed by atoms with van der Waals surface area (Å²) in [5.41, 5.74) is 0.365. The highest BCUT2D eigenvalue weighted by Crippen LogP contribution is 2.39. The molecule has 1 aromatic heterocycles. The van der Waals surface area contributed by atoms with Crippen molar-refractivity contribution in [1.82, 2.24) is 9.97 Å². The molecule has 114 valence electrons. The lowest BCUT2D eigenvalue weighted by Gasteiger charge is -2.28. The third kappa shape index (κ3) is 2.58. The number of rotatable bonds is 2. The zero-order valence-electron chi connectivity index (χ0n) is 12.3. The Hall–Kier alpha value is -1.40. The zero-order chi connectivity index (χ0) is 14.1. The number of aromatic nitrogens is 2. The van der Waals surface area contributed by atoms with Crippen LogP contribution in [0.5, 0.6) is 0 Å². The second kappa shape index (κ2) is 5.42. The number of ether oxygens (including phenoxy) is 2. The Morgan fingerprint density at radius 1 is 0.905 bits per heavy atom. The van der Waals surface area contributed by atoms with E-state index in [-0.39, 0.29) is 0 Å². The van der Waals surface area contributed by atoms with Crippen molar-refractivity contribution in [2.24, 2.45) is 5.41 Å². The summed E-state index contributed by atoms with van der Waals surface area (Å²) in [6.07, 6.45) is 4.09. The van der Waals surface area contributed by atoms with Crippen LogP contribution >= 0.6 is 0 Å². The third-order valence-corrected chi connectivity index (χ3v) is 4.92. The van der Waals surface area contributed by atoms with E-state index in [0.717, 1.165) is 64.2 Å². The largest absolute Gasteiger partial charge is 0.381 e. The molecule has 3 saturated heterocycles. The van der Waals surface area contributed by atoms with Gasteiger partial charge in [-0.3, -0.25) is 0 Å². The van der Waals surface area contributed by atoms with Gasteiger partial charge in [0, 0.05) is 44.3 Å². The summed E-state index contributed by atoms with van der Waals surface area (Å²) in [5, 5.41) is 0. The second-order valence-corrected chi connectivity index (χ2v) is 6.31. The molecule has 1 spiro atoms. The molecule has 4 rings (SSSR count). The van der Waals surface area contributed by atoms with Crippen LogP contribution in [0.3, 0.4) is 0 Å². The van der Waals surface area contributed by atoms with E-state index < -0.39 is 0 Å². The number of hydrogen-bond donors (Lipinski definition) is 0. The first kappa shape index (κ1) is 13.3. The van der Waals surface area contributed by atoms with E-state index in [9.17, 15) is 0 Å². The molecule has 0 radical (unpaired) electrons.